The molecule has 1 unspecified atom stereocenters. The second-order valence-corrected chi connectivity index (χ2v) is 10.7. The topological polar surface area (TPSA) is 52.6 Å². The van der Waals surface area contributed by atoms with Gasteiger partial charge in [-0.05, 0) is 42.7 Å². The summed E-state index contributed by atoms with van der Waals surface area (Å²) in [6.45, 7) is 6.16. The van der Waals surface area contributed by atoms with E-state index in [0.717, 1.165) is 32.2 Å². The van der Waals surface area contributed by atoms with Gasteiger partial charge >= 0.3 is 0 Å². The third-order valence-corrected chi connectivity index (χ3v) is 7.84. The van der Waals surface area contributed by atoms with Crippen LogP contribution in [0.25, 0.3) is 0 Å². The zero-order valence-electron chi connectivity index (χ0n) is 19.0. The van der Waals surface area contributed by atoms with Gasteiger partial charge in [-0.2, -0.15) is 0 Å². The van der Waals surface area contributed by atoms with Gasteiger partial charge in [0.25, 0.3) is 0 Å². The van der Waals surface area contributed by atoms with E-state index >= 15 is 0 Å². The highest BCUT2D eigenvalue weighted by Crippen LogP contribution is 2.46. The van der Waals surface area contributed by atoms with Crippen LogP contribution in [-0.4, -0.2) is 41.1 Å². The molecular weight excluding hydrogens is 372 g/mol. The van der Waals surface area contributed by atoms with E-state index in [4.69, 9.17) is 0 Å². The number of nitrogens with zero attached hydrogens (tertiary/aromatic N) is 1. The number of rotatable bonds is 5. The van der Waals surface area contributed by atoms with E-state index in [-0.39, 0.29) is 17.4 Å². The first-order valence-electron chi connectivity index (χ1n) is 12.2. The lowest BCUT2D eigenvalue weighted by Gasteiger charge is -2.49. The summed E-state index contributed by atoms with van der Waals surface area (Å²) in [6, 6.07) is 9.00. The van der Waals surface area contributed by atoms with Crippen molar-refractivity contribution in [2.75, 3.05) is 19.6 Å². The van der Waals surface area contributed by atoms with Crippen molar-refractivity contribution in [3.8, 4) is 0 Å². The summed E-state index contributed by atoms with van der Waals surface area (Å²) >= 11 is 0. The zero-order valence-corrected chi connectivity index (χ0v) is 19.0. The molecular formula is C26H40N2O2. The highest BCUT2D eigenvalue weighted by Gasteiger charge is 2.43. The molecule has 3 aliphatic rings. The SMILES string of the molecule is CC1(C)CN(C(=O)CNCC2(O)CCCCC2)C(C2CCCCC2)c2ccccc21. The fourth-order valence-electron chi connectivity index (χ4n) is 6.24. The molecule has 2 saturated carbocycles. The van der Waals surface area contributed by atoms with Crippen LogP contribution >= 0.6 is 0 Å². The monoisotopic (exact) mass is 412 g/mol. The smallest absolute Gasteiger partial charge is 0.237 e. The lowest BCUT2D eigenvalue weighted by Crippen LogP contribution is -2.53. The molecule has 0 saturated heterocycles. The maximum atomic E-state index is 13.5. The predicted octanol–water partition coefficient (Wildman–Crippen LogP) is 4.71. The fourth-order valence-corrected chi connectivity index (χ4v) is 6.24. The Morgan fingerprint density at radius 1 is 1.07 bits per heavy atom. The van der Waals surface area contributed by atoms with E-state index < -0.39 is 5.60 Å². The molecule has 4 heteroatoms. The Kier molecular flexibility index (Phi) is 6.55. The lowest BCUT2D eigenvalue weighted by atomic mass is 9.70. The largest absolute Gasteiger partial charge is 0.389 e. The number of aliphatic hydroxyl groups is 1. The second kappa shape index (κ2) is 9.00. The molecule has 2 N–H and O–H groups in total. The van der Waals surface area contributed by atoms with Gasteiger partial charge < -0.3 is 15.3 Å². The van der Waals surface area contributed by atoms with E-state index in [1.165, 1.54) is 49.7 Å². The summed E-state index contributed by atoms with van der Waals surface area (Å²) in [6.07, 6.45) is 11.4. The number of hydrogen-bond donors (Lipinski definition) is 2. The van der Waals surface area contributed by atoms with Gasteiger partial charge in [0, 0.05) is 18.5 Å². The van der Waals surface area contributed by atoms with Gasteiger partial charge in [-0.25, -0.2) is 0 Å². The summed E-state index contributed by atoms with van der Waals surface area (Å²) < 4.78 is 0. The minimum Gasteiger partial charge on any atom is -0.389 e. The molecule has 4 rings (SSSR count). The van der Waals surface area contributed by atoms with Gasteiger partial charge in [0.1, 0.15) is 0 Å². The maximum absolute atomic E-state index is 13.5. The number of fused-ring (bicyclic) bond motifs is 1. The van der Waals surface area contributed by atoms with Crippen LogP contribution in [0.2, 0.25) is 0 Å². The molecule has 4 nitrogen and oxygen atoms in total. The summed E-state index contributed by atoms with van der Waals surface area (Å²) in [5.41, 5.74) is 2.10. The number of carbonyl (C=O) groups is 1. The van der Waals surface area contributed by atoms with Crippen LogP contribution in [0.4, 0.5) is 0 Å². The van der Waals surface area contributed by atoms with Crippen LogP contribution in [0.3, 0.4) is 0 Å². The van der Waals surface area contributed by atoms with Gasteiger partial charge in [-0.1, -0.05) is 76.6 Å². The van der Waals surface area contributed by atoms with Crippen molar-refractivity contribution < 1.29 is 9.90 Å². The van der Waals surface area contributed by atoms with Gasteiger partial charge in [0.05, 0.1) is 18.2 Å². The minimum atomic E-state index is -0.630. The summed E-state index contributed by atoms with van der Waals surface area (Å²) in [5.74, 6) is 0.745. The molecule has 0 spiro atoms. The normalized spacial score (nSPS) is 26.2. The Labute approximate surface area is 182 Å². The van der Waals surface area contributed by atoms with Crippen molar-refractivity contribution in [1.29, 1.82) is 0 Å². The van der Waals surface area contributed by atoms with Crippen molar-refractivity contribution in [2.45, 2.75) is 95.1 Å². The molecule has 30 heavy (non-hydrogen) atoms. The lowest BCUT2D eigenvalue weighted by molar-refractivity contribution is -0.136. The Bertz CT molecular complexity index is 732. The van der Waals surface area contributed by atoms with Gasteiger partial charge in [0.15, 0.2) is 0 Å². The van der Waals surface area contributed by atoms with Crippen LogP contribution in [-0.2, 0) is 10.2 Å². The molecule has 2 fully saturated rings. The fraction of sp³-hybridized carbons (Fsp3) is 0.731. The molecule has 1 aliphatic heterocycles. The first-order valence-corrected chi connectivity index (χ1v) is 12.2. The Morgan fingerprint density at radius 3 is 2.47 bits per heavy atom. The van der Waals surface area contributed by atoms with Crippen LogP contribution in [0.1, 0.15) is 95.2 Å². The third kappa shape index (κ3) is 4.60. The van der Waals surface area contributed by atoms with Crippen molar-refractivity contribution in [3.05, 3.63) is 35.4 Å². The average Bonchev–Trinajstić information content (AvgIpc) is 2.74. The quantitative estimate of drug-likeness (QED) is 0.736. The van der Waals surface area contributed by atoms with Crippen molar-refractivity contribution in [1.82, 2.24) is 10.2 Å². The number of amides is 1. The molecule has 0 bridgehead atoms. The Balaban J connectivity index is 1.51. The predicted molar refractivity (Wildman–Crippen MR) is 121 cm³/mol. The van der Waals surface area contributed by atoms with Crippen molar-refractivity contribution in [3.63, 3.8) is 0 Å². The van der Waals surface area contributed by atoms with Crippen LogP contribution < -0.4 is 5.32 Å². The number of benzene rings is 1. The molecule has 2 aliphatic carbocycles. The standard InChI is InChI=1S/C26H40N2O2/c1-25(2)19-28(23(29)17-27-18-26(30)15-9-4-10-16-26)24(20-11-5-3-6-12-20)21-13-7-8-14-22(21)25/h7-8,13-14,20,24,27,30H,3-6,9-12,15-19H2,1-2H3. The third-order valence-electron chi connectivity index (χ3n) is 7.84. The highest BCUT2D eigenvalue weighted by atomic mass is 16.3. The van der Waals surface area contributed by atoms with Gasteiger partial charge in [0.2, 0.25) is 5.91 Å². The summed E-state index contributed by atoms with van der Waals surface area (Å²) in [5, 5.41) is 14.1. The minimum absolute atomic E-state index is 0.0427. The number of carbonyl (C=O) groups excluding carboxylic acids is 1. The van der Waals surface area contributed by atoms with Crippen LogP contribution in [0, 0.1) is 5.92 Å². The average molecular weight is 413 g/mol. The second-order valence-electron chi connectivity index (χ2n) is 10.7. The molecule has 1 heterocycles. The van der Waals surface area contributed by atoms with Gasteiger partial charge in [-0.15, -0.1) is 0 Å². The summed E-state index contributed by atoms with van der Waals surface area (Å²) in [4.78, 5) is 15.7. The van der Waals surface area contributed by atoms with E-state index in [1.807, 2.05) is 0 Å². The highest BCUT2D eigenvalue weighted by molar-refractivity contribution is 5.79. The molecule has 0 aromatic heterocycles. The molecule has 0 radical (unpaired) electrons. The van der Waals surface area contributed by atoms with Crippen molar-refractivity contribution >= 4 is 5.91 Å². The molecule has 166 valence electrons. The molecule has 1 amide bonds. The Morgan fingerprint density at radius 2 is 1.73 bits per heavy atom. The Hall–Kier alpha value is -1.39. The number of hydrogen-bond acceptors (Lipinski definition) is 3. The first kappa shape index (κ1) is 21.8. The van der Waals surface area contributed by atoms with Crippen molar-refractivity contribution in [2.24, 2.45) is 5.92 Å². The van der Waals surface area contributed by atoms with E-state index in [9.17, 15) is 9.90 Å². The van der Waals surface area contributed by atoms with E-state index in [1.54, 1.807) is 0 Å². The van der Waals surface area contributed by atoms with Gasteiger partial charge in [-0.3, -0.25) is 4.79 Å². The maximum Gasteiger partial charge on any atom is 0.237 e. The molecule has 1 aromatic rings. The molecule has 1 atom stereocenters. The zero-order chi connectivity index (χ0) is 21.2. The molecule has 1 aromatic carbocycles. The summed E-state index contributed by atoms with van der Waals surface area (Å²) in [7, 11) is 0. The van der Waals surface area contributed by atoms with Crippen LogP contribution in [0.15, 0.2) is 24.3 Å². The van der Waals surface area contributed by atoms with E-state index in [0.29, 0.717) is 19.0 Å². The van der Waals surface area contributed by atoms with Crippen LogP contribution in [0.5, 0.6) is 0 Å². The number of nitrogens with one attached hydrogen (secondary N) is 1. The first-order chi connectivity index (χ1) is 14.4. The van der Waals surface area contributed by atoms with E-state index in [2.05, 4.69) is 48.3 Å².